The second-order valence-corrected chi connectivity index (χ2v) is 7.05. The van der Waals surface area contributed by atoms with Gasteiger partial charge in [-0.3, -0.25) is 4.79 Å². The summed E-state index contributed by atoms with van der Waals surface area (Å²) in [6.45, 7) is 1.80. The lowest BCUT2D eigenvalue weighted by Crippen LogP contribution is -2.14. The van der Waals surface area contributed by atoms with Crippen LogP contribution in [0.4, 0.5) is 5.82 Å². The van der Waals surface area contributed by atoms with E-state index in [4.69, 9.17) is 5.11 Å². The zero-order valence-electron chi connectivity index (χ0n) is 16.5. The first kappa shape index (κ1) is 19.8. The molecule has 2 aromatic carbocycles. The fraction of sp³-hybridized carbons (Fsp3) is 0.174. The minimum atomic E-state index is -0.755. The topological polar surface area (TPSA) is 99.8 Å². The Morgan fingerprint density at radius 2 is 1.83 bits per heavy atom. The molecule has 152 valence electrons. The van der Waals surface area contributed by atoms with E-state index in [1.807, 2.05) is 43.3 Å². The van der Waals surface area contributed by atoms with Crippen molar-refractivity contribution >= 4 is 17.4 Å². The lowest BCUT2D eigenvalue weighted by molar-refractivity contribution is 0.102. The predicted molar refractivity (Wildman–Crippen MR) is 114 cm³/mol. The van der Waals surface area contributed by atoms with Crippen LogP contribution in [0.5, 0.6) is 0 Å². The number of aryl methyl sites for hydroxylation is 1. The maximum atomic E-state index is 12.7. The Morgan fingerprint density at radius 3 is 2.53 bits per heavy atom. The number of benzene rings is 2. The van der Waals surface area contributed by atoms with Crippen molar-refractivity contribution in [2.24, 2.45) is 0 Å². The summed E-state index contributed by atoms with van der Waals surface area (Å²) < 4.78 is 1.76. The van der Waals surface area contributed by atoms with Gasteiger partial charge in [0.2, 0.25) is 0 Å². The van der Waals surface area contributed by atoms with Gasteiger partial charge < -0.3 is 15.5 Å². The molecule has 0 bridgehead atoms. The summed E-state index contributed by atoms with van der Waals surface area (Å²) in [4.78, 5) is 17.3. The molecule has 4 aromatic rings. The number of aliphatic hydroxyl groups is 2. The van der Waals surface area contributed by atoms with E-state index < -0.39 is 6.10 Å². The molecule has 30 heavy (non-hydrogen) atoms. The Hall–Kier alpha value is -3.55. The minimum absolute atomic E-state index is 0.102. The molecule has 2 heterocycles. The van der Waals surface area contributed by atoms with Crippen LogP contribution in [0.3, 0.4) is 0 Å². The molecule has 3 N–H and O–H groups in total. The van der Waals surface area contributed by atoms with E-state index in [2.05, 4.69) is 15.4 Å². The average Bonchev–Trinajstić information content (AvgIpc) is 3.14. The molecule has 1 unspecified atom stereocenters. The molecular weight excluding hydrogens is 380 g/mol. The second kappa shape index (κ2) is 8.44. The standard InChI is InChI=1S/C23H22N4O3/c1-15-13-22-24-21(14-19(27(22)26-15)16-5-3-2-4-6-16)25-23(30)18-9-7-17(8-10-18)20(29)11-12-28/h2-10,13-14,20,28-29H,11-12H2,1H3,(H,24,25,30). The molecule has 0 spiro atoms. The molecule has 0 fully saturated rings. The number of anilines is 1. The zero-order chi connectivity index (χ0) is 21.1. The molecule has 7 nitrogen and oxygen atoms in total. The van der Waals surface area contributed by atoms with Gasteiger partial charge in [-0.25, -0.2) is 9.50 Å². The number of amides is 1. The van der Waals surface area contributed by atoms with Crippen LogP contribution in [0.1, 0.15) is 34.1 Å². The third kappa shape index (κ3) is 4.07. The molecular formula is C23H22N4O3. The Bertz CT molecular complexity index is 1170. The van der Waals surface area contributed by atoms with Crippen LogP contribution in [-0.4, -0.2) is 37.3 Å². The lowest BCUT2D eigenvalue weighted by atomic mass is 10.0. The number of hydrogen-bond donors (Lipinski definition) is 3. The number of aromatic nitrogens is 3. The van der Waals surface area contributed by atoms with Crippen molar-refractivity contribution in [2.45, 2.75) is 19.4 Å². The van der Waals surface area contributed by atoms with Crippen molar-refractivity contribution in [3.05, 3.63) is 83.6 Å². The summed E-state index contributed by atoms with van der Waals surface area (Å²) >= 11 is 0. The van der Waals surface area contributed by atoms with Crippen LogP contribution >= 0.6 is 0 Å². The Labute approximate surface area is 173 Å². The van der Waals surface area contributed by atoms with Crippen molar-refractivity contribution in [3.63, 3.8) is 0 Å². The maximum Gasteiger partial charge on any atom is 0.256 e. The Kier molecular flexibility index (Phi) is 5.56. The fourth-order valence-corrected chi connectivity index (χ4v) is 3.30. The van der Waals surface area contributed by atoms with Crippen LogP contribution in [0.25, 0.3) is 16.9 Å². The van der Waals surface area contributed by atoms with Gasteiger partial charge in [0.1, 0.15) is 5.82 Å². The number of aliphatic hydroxyl groups excluding tert-OH is 2. The molecule has 0 aliphatic carbocycles. The van der Waals surface area contributed by atoms with Crippen molar-refractivity contribution in [3.8, 4) is 11.3 Å². The highest BCUT2D eigenvalue weighted by Crippen LogP contribution is 2.24. The number of nitrogens with zero attached hydrogens (tertiary/aromatic N) is 3. The minimum Gasteiger partial charge on any atom is -0.396 e. The van der Waals surface area contributed by atoms with Gasteiger partial charge in [-0.2, -0.15) is 5.10 Å². The van der Waals surface area contributed by atoms with Crippen molar-refractivity contribution < 1.29 is 15.0 Å². The number of rotatable bonds is 6. The number of fused-ring (bicyclic) bond motifs is 1. The highest BCUT2D eigenvalue weighted by molar-refractivity contribution is 6.04. The average molecular weight is 402 g/mol. The Balaban J connectivity index is 1.63. The molecule has 2 aromatic heterocycles. The molecule has 0 aliphatic rings. The summed E-state index contributed by atoms with van der Waals surface area (Å²) in [5.41, 5.74) is 4.37. The van der Waals surface area contributed by atoms with Gasteiger partial charge in [0, 0.05) is 36.3 Å². The maximum absolute atomic E-state index is 12.7. The summed E-state index contributed by atoms with van der Waals surface area (Å²) in [6, 6.07) is 20.1. The van der Waals surface area contributed by atoms with E-state index in [-0.39, 0.29) is 18.9 Å². The van der Waals surface area contributed by atoms with E-state index in [1.165, 1.54) is 0 Å². The van der Waals surface area contributed by atoms with Gasteiger partial charge in [0.05, 0.1) is 17.5 Å². The van der Waals surface area contributed by atoms with Gasteiger partial charge in [-0.15, -0.1) is 0 Å². The molecule has 0 saturated heterocycles. The molecule has 0 aliphatic heterocycles. The highest BCUT2D eigenvalue weighted by atomic mass is 16.3. The number of nitrogens with one attached hydrogen (secondary N) is 1. The van der Waals surface area contributed by atoms with Crippen molar-refractivity contribution in [2.75, 3.05) is 11.9 Å². The normalized spacial score (nSPS) is 12.1. The van der Waals surface area contributed by atoms with Crippen LogP contribution in [-0.2, 0) is 0 Å². The molecule has 4 rings (SSSR count). The van der Waals surface area contributed by atoms with Gasteiger partial charge in [-0.05, 0) is 24.6 Å². The molecule has 7 heteroatoms. The van der Waals surface area contributed by atoms with Gasteiger partial charge >= 0.3 is 0 Å². The van der Waals surface area contributed by atoms with Crippen LogP contribution < -0.4 is 5.32 Å². The first-order valence-corrected chi connectivity index (χ1v) is 9.68. The second-order valence-electron chi connectivity index (χ2n) is 7.05. The molecule has 1 atom stereocenters. The summed E-state index contributed by atoms with van der Waals surface area (Å²) in [7, 11) is 0. The third-order valence-corrected chi connectivity index (χ3v) is 4.82. The van der Waals surface area contributed by atoms with E-state index in [9.17, 15) is 9.90 Å². The van der Waals surface area contributed by atoms with E-state index in [0.29, 0.717) is 22.6 Å². The third-order valence-electron chi connectivity index (χ3n) is 4.82. The molecule has 0 saturated carbocycles. The molecule has 1 amide bonds. The number of carbonyl (C=O) groups excluding carboxylic acids is 1. The predicted octanol–water partition coefficient (Wildman–Crippen LogP) is 3.37. The zero-order valence-corrected chi connectivity index (χ0v) is 16.5. The van der Waals surface area contributed by atoms with Crippen molar-refractivity contribution in [1.29, 1.82) is 0 Å². The quantitative estimate of drug-likeness (QED) is 0.459. The van der Waals surface area contributed by atoms with Gasteiger partial charge in [-0.1, -0.05) is 42.5 Å². The largest absolute Gasteiger partial charge is 0.396 e. The van der Waals surface area contributed by atoms with E-state index >= 15 is 0 Å². The first-order valence-electron chi connectivity index (χ1n) is 9.68. The molecule has 0 radical (unpaired) electrons. The fourth-order valence-electron chi connectivity index (χ4n) is 3.30. The van der Waals surface area contributed by atoms with Gasteiger partial charge in [0.15, 0.2) is 5.65 Å². The monoisotopic (exact) mass is 402 g/mol. The van der Waals surface area contributed by atoms with Crippen LogP contribution in [0.15, 0.2) is 66.7 Å². The van der Waals surface area contributed by atoms with E-state index in [0.717, 1.165) is 17.0 Å². The van der Waals surface area contributed by atoms with Crippen LogP contribution in [0.2, 0.25) is 0 Å². The Morgan fingerprint density at radius 1 is 1.10 bits per heavy atom. The van der Waals surface area contributed by atoms with Crippen molar-refractivity contribution in [1.82, 2.24) is 14.6 Å². The van der Waals surface area contributed by atoms with Gasteiger partial charge in [0.25, 0.3) is 5.91 Å². The highest BCUT2D eigenvalue weighted by Gasteiger charge is 2.14. The van der Waals surface area contributed by atoms with Crippen LogP contribution in [0, 0.1) is 6.92 Å². The number of carbonyl (C=O) groups is 1. The summed E-state index contributed by atoms with van der Waals surface area (Å²) in [6.07, 6.45) is -0.502. The SMILES string of the molecule is Cc1cc2nc(NC(=O)c3ccc(C(O)CCO)cc3)cc(-c3ccccc3)n2n1. The number of hydrogen-bond acceptors (Lipinski definition) is 5. The first-order chi connectivity index (χ1) is 14.5. The summed E-state index contributed by atoms with van der Waals surface area (Å²) in [5, 5.41) is 26.3. The van der Waals surface area contributed by atoms with E-state index in [1.54, 1.807) is 34.8 Å². The summed E-state index contributed by atoms with van der Waals surface area (Å²) in [5.74, 6) is 0.126. The lowest BCUT2D eigenvalue weighted by Gasteiger charge is -2.11. The smallest absolute Gasteiger partial charge is 0.256 e.